The van der Waals surface area contributed by atoms with Crippen molar-refractivity contribution in [2.75, 3.05) is 13.7 Å². The van der Waals surface area contributed by atoms with E-state index in [9.17, 15) is 19.5 Å². The van der Waals surface area contributed by atoms with Crippen molar-refractivity contribution in [3.8, 4) is 5.75 Å². The number of nitrogens with zero attached hydrogens (tertiary/aromatic N) is 1. The van der Waals surface area contributed by atoms with E-state index >= 15 is 0 Å². The number of hydrogen-bond acceptors (Lipinski definition) is 9. The van der Waals surface area contributed by atoms with Crippen molar-refractivity contribution < 1.29 is 43.2 Å². The van der Waals surface area contributed by atoms with Gasteiger partial charge >= 0.3 is 17.9 Å². The molecule has 1 saturated heterocycles. The summed E-state index contributed by atoms with van der Waals surface area (Å²) in [5, 5.41) is 12.3. The van der Waals surface area contributed by atoms with Crippen LogP contribution in [0.25, 0.3) is 10.9 Å². The van der Waals surface area contributed by atoms with Gasteiger partial charge in [0.15, 0.2) is 24.5 Å². The van der Waals surface area contributed by atoms with E-state index in [2.05, 4.69) is 0 Å². The van der Waals surface area contributed by atoms with Crippen molar-refractivity contribution in [2.24, 2.45) is 0 Å². The average Bonchev–Trinajstić information content (AvgIpc) is 3.25. The number of carbonyl (C=O) groups is 3. The van der Waals surface area contributed by atoms with Gasteiger partial charge in [0, 0.05) is 37.9 Å². The van der Waals surface area contributed by atoms with Gasteiger partial charge in [0.1, 0.15) is 11.9 Å². The summed E-state index contributed by atoms with van der Waals surface area (Å²) in [6.07, 6.45) is -3.76. The minimum absolute atomic E-state index is 0.142. The molecule has 38 heavy (non-hydrogen) atoms. The lowest BCUT2D eigenvalue weighted by atomic mass is 10.0. The molecule has 10 nitrogen and oxygen atoms in total. The summed E-state index contributed by atoms with van der Waals surface area (Å²) >= 11 is 6.59. The first-order valence-electron chi connectivity index (χ1n) is 11.8. The first kappa shape index (κ1) is 27.4. The minimum Gasteiger partial charge on any atom is -0.497 e. The van der Waals surface area contributed by atoms with Crippen LogP contribution in [0.3, 0.4) is 0 Å². The topological polar surface area (TPSA) is 123 Å². The maximum absolute atomic E-state index is 12.1. The molecule has 202 valence electrons. The molecule has 1 aliphatic rings. The summed E-state index contributed by atoms with van der Waals surface area (Å²) in [5.74, 6) is -1.28. The second-order valence-electron chi connectivity index (χ2n) is 8.82. The lowest BCUT2D eigenvalue weighted by Crippen LogP contribution is -2.55. The lowest BCUT2D eigenvalue weighted by molar-refractivity contribution is -0.239. The number of ether oxygens (including phenoxy) is 5. The van der Waals surface area contributed by atoms with Crippen molar-refractivity contribution in [1.29, 1.82) is 0 Å². The minimum atomic E-state index is -1.19. The van der Waals surface area contributed by atoms with Crippen molar-refractivity contribution in [3.05, 3.63) is 64.8 Å². The number of aliphatic hydroxyl groups is 1. The molecule has 5 atom stereocenters. The van der Waals surface area contributed by atoms with Gasteiger partial charge in [-0.05, 0) is 29.8 Å². The van der Waals surface area contributed by atoms with Gasteiger partial charge in [0.2, 0.25) is 0 Å². The molecule has 1 aromatic heterocycles. The Balaban J connectivity index is 1.83. The van der Waals surface area contributed by atoms with E-state index in [4.69, 9.17) is 35.3 Å². The molecule has 0 saturated carbocycles. The number of hydrogen-bond donors (Lipinski definition) is 1. The van der Waals surface area contributed by atoms with E-state index in [0.29, 0.717) is 32.8 Å². The molecule has 0 amide bonds. The Morgan fingerprint density at radius 2 is 1.61 bits per heavy atom. The second-order valence-corrected chi connectivity index (χ2v) is 9.23. The highest BCUT2D eigenvalue weighted by Crippen LogP contribution is 2.40. The van der Waals surface area contributed by atoms with Crippen LogP contribution in [-0.4, -0.2) is 59.6 Å². The van der Waals surface area contributed by atoms with Gasteiger partial charge in [-0.2, -0.15) is 0 Å². The fraction of sp³-hybridized carbons (Fsp3) is 0.370. The van der Waals surface area contributed by atoms with Crippen LogP contribution in [0.5, 0.6) is 5.75 Å². The van der Waals surface area contributed by atoms with E-state index in [1.807, 2.05) is 0 Å². The highest BCUT2D eigenvalue weighted by atomic mass is 35.5. The Bertz CT molecular complexity index is 1340. The number of halogens is 1. The van der Waals surface area contributed by atoms with E-state index in [-0.39, 0.29) is 6.61 Å². The third-order valence-corrected chi connectivity index (χ3v) is 6.48. The SMILES string of the molecule is COc1ccc(C(O)c2cn([C@@H]3OC[C@@H](OC(C)=O)[C@H](OC(C)=O)[C@H]3OC(C)=O)c3cccc(Cl)c23)cc1. The number of aliphatic hydroxyl groups excluding tert-OH is 1. The zero-order valence-electron chi connectivity index (χ0n) is 21.3. The summed E-state index contributed by atoms with van der Waals surface area (Å²) in [5.41, 5.74) is 1.65. The largest absolute Gasteiger partial charge is 0.497 e. The second kappa shape index (κ2) is 11.4. The molecule has 0 spiro atoms. The smallest absolute Gasteiger partial charge is 0.303 e. The zero-order valence-corrected chi connectivity index (χ0v) is 22.0. The monoisotopic (exact) mass is 545 g/mol. The fourth-order valence-corrected chi connectivity index (χ4v) is 4.92. The number of methoxy groups -OCH3 is 1. The lowest BCUT2D eigenvalue weighted by Gasteiger charge is -2.41. The van der Waals surface area contributed by atoms with Crippen LogP contribution in [0, 0.1) is 0 Å². The number of benzene rings is 2. The van der Waals surface area contributed by atoms with Crippen LogP contribution in [-0.2, 0) is 33.3 Å². The van der Waals surface area contributed by atoms with E-state index < -0.39 is 48.6 Å². The highest BCUT2D eigenvalue weighted by molar-refractivity contribution is 6.35. The summed E-state index contributed by atoms with van der Waals surface area (Å²) in [6.45, 7) is 3.48. The number of fused-ring (bicyclic) bond motifs is 1. The normalized spacial score (nSPS) is 21.9. The predicted octanol–water partition coefficient (Wildman–Crippen LogP) is 3.71. The first-order chi connectivity index (χ1) is 18.1. The molecule has 1 aliphatic heterocycles. The van der Waals surface area contributed by atoms with E-state index in [0.717, 1.165) is 0 Å². The van der Waals surface area contributed by atoms with Gasteiger partial charge in [-0.25, -0.2) is 0 Å². The van der Waals surface area contributed by atoms with Crippen molar-refractivity contribution in [1.82, 2.24) is 4.57 Å². The van der Waals surface area contributed by atoms with Crippen LogP contribution < -0.4 is 4.74 Å². The quantitative estimate of drug-likeness (QED) is 0.349. The van der Waals surface area contributed by atoms with Crippen LogP contribution >= 0.6 is 11.6 Å². The maximum atomic E-state index is 12.1. The zero-order chi connectivity index (χ0) is 27.6. The van der Waals surface area contributed by atoms with Crippen molar-refractivity contribution >= 4 is 40.4 Å². The van der Waals surface area contributed by atoms with Gasteiger partial charge in [-0.1, -0.05) is 29.8 Å². The van der Waals surface area contributed by atoms with Gasteiger partial charge in [0.05, 0.1) is 24.3 Å². The fourth-order valence-electron chi connectivity index (χ4n) is 4.64. The van der Waals surface area contributed by atoms with E-state index in [1.54, 1.807) is 60.3 Å². The predicted molar refractivity (Wildman–Crippen MR) is 136 cm³/mol. The molecule has 11 heteroatoms. The van der Waals surface area contributed by atoms with Crippen LogP contribution in [0.15, 0.2) is 48.7 Å². The molecule has 0 radical (unpaired) electrons. The number of rotatable bonds is 7. The Hall–Kier alpha value is -3.60. The van der Waals surface area contributed by atoms with Crippen LogP contribution in [0.2, 0.25) is 5.02 Å². The van der Waals surface area contributed by atoms with Crippen LogP contribution in [0.4, 0.5) is 0 Å². The maximum Gasteiger partial charge on any atom is 0.303 e. The third-order valence-electron chi connectivity index (χ3n) is 6.16. The molecule has 2 aromatic carbocycles. The van der Waals surface area contributed by atoms with E-state index in [1.165, 1.54) is 20.8 Å². The molecule has 2 heterocycles. The van der Waals surface area contributed by atoms with Crippen LogP contribution in [0.1, 0.15) is 44.2 Å². The molecule has 3 aromatic rings. The summed E-state index contributed by atoms with van der Waals surface area (Å²) in [7, 11) is 1.55. The molecular weight excluding hydrogens is 518 g/mol. The molecule has 1 fully saturated rings. The molecule has 0 bridgehead atoms. The molecule has 1 N–H and O–H groups in total. The summed E-state index contributed by atoms with van der Waals surface area (Å²) in [4.78, 5) is 35.8. The van der Waals surface area contributed by atoms with Crippen molar-refractivity contribution in [2.45, 2.75) is 51.4 Å². The highest BCUT2D eigenvalue weighted by Gasteiger charge is 2.48. The molecular formula is C27H28ClNO9. The molecule has 1 unspecified atom stereocenters. The van der Waals surface area contributed by atoms with Gasteiger partial charge < -0.3 is 33.4 Å². The number of carbonyl (C=O) groups excluding carboxylic acids is 3. The summed E-state index contributed by atoms with van der Waals surface area (Å²) in [6, 6.07) is 12.2. The number of esters is 3. The van der Waals surface area contributed by atoms with Gasteiger partial charge in [-0.15, -0.1) is 0 Å². The number of aromatic nitrogens is 1. The summed E-state index contributed by atoms with van der Waals surface area (Å²) < 4.78 is 29.3. The van der Waals surface area contributed by atoms with Gasteiger partial charge in [0.25, 0.3) is 0 Å². The third kappa shape index (κ3) is 5.62. The Labute approximate surface area is 223 Å². The van der Waals surface area contributed by atoms with Gasteiger partial charge in [-0.3, -0.25) is 14.4 Å². The Kier molecular flexibility index (Phi) is 8.25. The molecule has 0 aliphatic carbocycles. The Morgan fingerprint density at radius 1 is 0.974 bits per heavy atom. The average molecular weight is 546 g/mol. The first-order valence-corrected chi connectivity index (χ1v) is 12.2. The Morgan fingerprint density at radius 3 is 2.21 bits per heavy atom. The van der Waals surface area contributed by atoms with Crippen molar-refractivity contribution in [3.63, 3.8) is 0 Å². The standard InChI is InChI=1S/C27H28ClNO9/c1-14(30)36-22-13-35-27(26(38-16(3)32)25(22)37-15(2)31)29-12-19(23-20(28)6-5-7-21(23)29)24(33)17-8-10-18(34-4)11-9-17/h5-12,22,24-27,33H,13H2,1-4H3/t22-,24?,25+,26-,27-/m1/s1. The molecule has 4 rings (SSSR count).